The van der Waals surface area contributed by atoms with Gasteiger partial charge in [0.05, 0.1) is 12.1 Å². The van der Waals surface area contributed by atoms with E-state index in [4.69, 9.17) is 0 Å². The lowest BCUT2D eigenvalue weighted by atomic mass is 9.94. The Kier molecular flexibility index (Phi) is 5.97. The lowest BCUT2D eigenvalue weighted by Crippen LogP contribution is -2.40. The highest BCUT2D eigenvalue weighted by molar-refractivity contribution is 5.79. The predicted octanol–water partition coefficient (Wildman–Crippen LogP) is 4.45. The molecule has 0 spiro atoms. The first-order valence-corrected chi connectivity index (χ1v) is 9.94. The second-order valence-corrected chi connectivity index (χ2v) is 7.42. The zero-order valence-electron chi connectivity index (χ0n) is 16.4. The van der Waals surface area contributed by atoms with Gasteiger partial charge in [0.2, 0.25) is 11.9 Å². The first kappa shape index (κ1) is 19.9. The average Bonchev–Trinajstić information content (AvgIpc) is 2.76. The summed E-state index contributed by atoms with van der Waals surface area (Å²) in [5.41, 5.74) is 2.23. The Labute approximate surface area is 173 Å². The highest BCUT2D eigenvalue weighted by atomic mass is 19.1. The van der Waals surface area contributed by atoms with Gasteiger partial charge in [0, 0.05) is 30.9 Å². The summed E-state index contributed by atoms with van der Waals surface area (Å²) >= 11 is 0. The fourth-order valence-corrected chi connectivity index (χ4v) is 3.70. The van der Waals surface area contributed by atoms with Crippen molar-refractivity contribution in [2.24, 2.45) is 0 Å². The van der Waals surface area contributed by atoms with Crippen LogP contribution in [0.4, 0.5) is 20.4 Å². The zero-order valence-corrected chi connectivity index (χ0v) is 16.4. The highest BCUT2D eigenvalue weighted by Crippen LogP contribution is 2.27. The summed E-state index contributed by atoms with van der Waals surface area (Å²) in [5.74, 6) is -0.113. The van der Waals surface area contributed by atoms with Gasteiger partial charge in [-0.05, 0) is 60.9 Å². The van der Waals surface area contributed by atoms with Crippen LogP contribution >= 0.6 is 0 Å². The number of hydrogen-bond acceptors (Lipinski definition) is 4. The molecular formula is C23H22F2N4O. The molecule has 3 aromatic rings. The third-order valence-electron chi connectivity index (χ3n) is 5.21. The maximum Gasteiger partial charge on any atom is 0.227 e. The van der Waals surface area contributed by atoms with Crippen molar-refractivity contribution in [2.45, 2.75) is 25.2 Å². The van der Waals surface area contributed by atoms with E-state index in [9.17, 15) is 13.6 Å². The number of piperidine rings is 1. The molecule has 0 radical (unpaired) electrons. The van der Waals surface area contributed by atoms with Crippen molar-refractivity contribution in [1.82, 2.24) is 14.9 Å². The van der Waals surface area contributed by atoms with E-state index >= 15 is 0 Å². The van der Waals surface area contributed by atoms with Crippen LogP contribution in [0.5, 0.6) is 0 Å². The summed E-state index contributed by atoms with van der Waals surface area (Å²) in [6.07, 6.45) is 3.67. The summed E-state index contributed by atoms with van der Waals surface area (Å²) in [6.45, 7) is 1.26. The second kappa shape index (κ2) is 8.98. The van der Waals surface area contributed by atoms with Crippen LogP contribution in [0, 0.1) is 11.6 Å². The van der Waals surface area contributed by atoms with E-state index in [0.29, 0.717) is 30.3 Å². The van der Waals surface area contributed by atoms with Crippen LogP contribution in [0.3, 0.4) is 0 Å². The number of carbonyl (C=O) groups excluding carboxylic acids is 1. The van der Waals surface area contributed by atoms with E-state index in [-0.39, 0.29) is 29.9 Å². The molecule has 1 aliphatic heterocycles. The Bertz CT molecular complexity index is 1030. The SMILES string of the molecule is O=C(Cc1cccc(F)c1)N1CCC[C@H](c2ccnc(Nc3ccc(F)cc3)n2)C1. The van der Waals surface area contributed by atoms with E-state index in [1.807, 2.05) is 11.0 Å². The van der Waals surface area contributed by atoms with Gasteiger partial charge in [-0.3, -0.25) is 4.79 Å². The monoisotopic (exact) mass is 408 g/mol. The number of carbonyl (C=O) groups is 1. The summed E-state index contributed by atoms with van der Waals surface area (Å²) < 4.78 is 26.5. The van der Waals surface area contributed by atoms with E-state index in [1.165, 1.54) is 24.3 Å². The molecule has 1 aliphatic rings. The minimum absolute atomic E-state index is 0.0102. The number of likely N-dealkylation sites (tertiary alicyclic amines) is 1. The van der Waals surface area contributed by atoms with Crippen LogP contribution in [0.15, 0.2) is 60.8 Å². The Balaban J connectivity index is 1.42. The average molecular weight is 408 g/mol. The molecule has 0 unspecified atom stereocenters. The van der Waals surface area contributed by atoms with Crippen LogP contribution < -0.4 is 5.32 Å². The van der Waals surface area contributed by atoms with Crippen LogP contribution in [0.2, 0.25) is 0 Å². The van der Waals surface area contributed by atoms with Gasteiger partial charge in [-0.2, -0.15) is 0 Å². The maximum absolute atomic E-state index is 13.4. The molecule has 5 nitrogen and oxygen atoms in total. The summed E-state index contributed by atoms with van der Waals surface area (Å²) in [4.78, 5) is 23.4. The van der Waals surface area contributed by atoms with Gasteiger partial charge in [0.1, 0.15) is 11.6 Å². The third kappa shape index (κ3) is 4.97. The lowest BCUT2D eigenvalue weighted by molar-refractivity contribution is -0.131. The van der Waals surface area contributed by atoms with Crippen molar-refractivity contribution in [2.75, 3.05) is 18.4 Å². The Morgan fingerprint density at radius 1 is 1.10 bits per heavy atom. The van der Waals surface area contributed by atoms with Crippen molar-refractivity contribution in [3.8, 4) is 0 Å². The number of hydrogen-bond donors (Lipinski definition) is 1. The predicted molar refractivity (Wildman–Crippen MR) is 110 cm³/mol. The van der Waals surface area contributed by atoms with Gasteiger partial charge in [-0.15, -0.1) is 0 Å². The lowest BCUT2D eigenvalue weighted by Gasteiger charge is -2.32. The van der Waals surface area contributed by atoms with Crippen LogP contribution in [-0.4, -0.2) is 33.9 Å². The molecule has 0 aliphatic carbocycles. The molecule has 1 N–H and O–H groups in total. The molecule has 154 valence electrons. The van der Waals surface area contributed by atoms with Gasteiger partial charge < -0.3 is 10.2 Å². The number of aromatic nitrogens is 2. The van der Waals surface area contributed by atoms with E-state index in [0.717, 1.165) is 18.5 Å². The van der Waals surface area contributed by atoms with Gasteiger partial charge in [-0.25, -0.2) is 18.7 Å². The number of rotatable bonds is 5. The number of nitrogens with one attached hydrogen (secondary N) is 1. The smallest absolute Gasteiger partial charge is 0.227 e. The van der Waals surface area contributed by atoms with Gasteiger partial charge in [0.25, 0.3) is 0 Å². The second-order valence-electron chi connectivity index (χ2n) is 7.42. The van der Waals surface area contributed by atoms with Crippen LogP contribution in [-0.2, 0) is 11.2 Å². The van der Waals surface area contributed by atoms with Crippen molar-refractivity contribution >= 4 is 17.5 Å². The minimum atomic E-state index is -0.334. The van der Waals surface area contributed by atoms with E-state index < -0.39 is 0 Å². The molecule has 1 saturated heterocycles. The third-order valence-corrected chi connectivity index (χ3v) is 5.21. The largest absolute Gasteiger partial charge is 0.342 e. The molecule has 7 heteroatoms. The first-order chi connectivity index (χ1) is 14.6. The first-order valence-electron chi connectivity index (χ1n) is 9.94. The van der Waals surface area contributed by atoms with Crippen molar-refractivity contribution < 1.29 is 13.6 Å². The molecule has 1 amide bonds. The normalized spacial score (nSPS) is 16.3. The molecule has 0 saturated carbocycles. The van der Waals surface area contributed by atoms with Gasteiger partial charge in [-0.1, -0.05) is 12.1 Å². The Hall–Kier alpha value is -3.35. The molecular weight excluding hydrogens is 386 g/mol. The number of anilines is 2. The van der Waals surface area contributed by atoms with E-state index in [1.54, 1.807) is 30.5 Å². The Morgan fingerprint density at radius 3 is 2.73 bits per heavy atom. The standard InChI is InChI=1S/C23H22F2N4O/c24-18-6-8-20(9-7-18)27-23-26-11-10-21(28-23)17-4-2-12-29(15-17)22(30)14-16-3-1-5-19(25)13-16/h1,3,5-11,13,17H,2,4,12,14-15H2,(H,26,27,28)/t17-/m0/s1. The number of nitrogens with zero attached hydrogens (tertiary/aromatic N) is 3. The number of benzene rings is 2. The van der Waals surface area contributed by atoms with Crippen LogP contribution in [0.25, 0.3) is 0 Å². The Morgan fingerprint density at radius 2 is 1.93 bits per heavy atom. The molecule has 2 heterocycles. The quantitative estimate of drug-likeness (QED) is 0.678. The molecule has 1 fully saturated rings. The topological polar surface area (TPSA) is 58.1 Å². The summed E-state index contributed by atoms with van der Waals surface area (Å²) in [5, 5.41) is 3.08. The molecule has 2 aromatic carbocycles. The zero-order chi connectivity index (χ0) is 20.9. The molecule has 30 heavy (non-hydrogen) atoms. The van der Waals surface area contributed by atoms with Gasteiger partial charge in [0.15, 0.2) is 0 Å². The van der Waals surface area contributed by atoms with Crippen molar-refractivity contribution in [3.63, 3.8) is 0 Å². The van der Waals surface area contributed by atoms with Crippen molar-refractivity contribution in [3.05, 3.63) is 83.7 Å². The van der Waals surface area contributed by atoms with Crippen molar-refractivity contribution in [1.29, 1.82) is 0 Å². The highest BCUT2D eigenvalue weighted by Gasteiger charge is 2.26. The molecule has 1 atom stereocenters. The minimum Gasteiger partial charge on any atom is -0.342 e. The molecule has 4 rings (SSSR count). The van der Waals surface area contributed by atoms with Crippen LogP contribution in [0.1, 0.15) is 30.0 Å². The summed E-state index contributed by atoms with van der Waals surface area (Å²) in [7, 11) is 0. The summed E-state index contributed by atoms with van der Waals surface area (Å²) in [6, 6.07) is 14.0. The van der Waals surface area contributed by atoms with E-state index in [2.05, 4.69) is 15.3 Å². The molecule has 0 bridgehead atoms. The maximum atomic E-state index is 13.4. The number of amides is 1. The molecule has 1 aromatic heterocycles. The number of halogens is 2. The fourth-order valence-electron chi connectivity index (χ4n) is 3.70. The fraction of sp³-hybridized carbons (Fsp3) is 0.261. The van der Waals surface area contributed by atoms with Gasteiger partial charge >= 0.3 is 0 Å².